The minimum absolute atomic E-state index is 0.118. The largest absolute Gasteiger partial charge is 0.465 e. The number of carbonyl (C=O) groups excluding carboxylic acids is 2. The fourth-order valence-electron chi connectivity index (χ4n) is 2.24. The van der Waals surface area contributed by atoms with Gasteiger partial charge in [0.15, 0.2) is 0 Å². The Morgan fingerprint density at radius 3 is 2.26 bits per heavy atom. The Hall–Kier alpha value is -2.82. The minimum atomic E-state index is -0.611. The number of anilines is 1. The molecule has 0 saturated carbocycles. The van der Waals surface area contributed by atoms with E-state index >= 15 is 0 Å². The van der Waals surface area contributed by atoms with Crippen molar-refractivity contribution in [1.82, 2.24) is 0 Å². The van der Waals surface area contributed by atoms with E-state index < -0.39 is 11.9 Å². The van der Waals surface area contributed by atoms with Crippen LogP contribution >= 0.6 is 0 Å². The molecule has 0 radical (unpaired) electrons. The fraction of sp³-hybridized carbons (Fsp3) is 0.222. The molecule has 5 heteroatoms. The molecular weight excluding hydrogens is 294 g/mol. The maximum Gasteiger partial charge on any atom is 0.355 e. The first kappa shape index (κ1) is 16.5. The number of hydrogen-bond acceptors (Lipinski definition) is 5. The van der Waals surface area contributed by atoms with Gasteiger partial charge in [0.05, 0.1) is 19.8 Å². The molecule has 1 aromatic rings. The van der Waals surface area contributed by atoms with Crippen LogP contribution in [0.2, 0.25) is 0 Å². The van der Waals surface area contributed by atoms with Crippen molar-refractivity contribution >= 4 is 17.6 Å². The Labute approximate surface area is 135 Å². The molecule has 0 saturated heterocycles. The van der Waals surface area contributed by atoms with Crippen molar-refractivity contribution in [2.24, 2.45) is 0 Å². The van der Waals surface area contributed by atoms with Crippen molar-refractivity contribution in [1.29, 1.82) is 0 Å². The number of nitrogens with zero attached hydrogens (tertiary/aromatic N) is 1. The van der Waals surface area contributed by atoms with Crippen LogP contribution in [0.25, 0.3) is 0 Å². The van der Waals surface area contributed by atoms with Gasteiger partial charge in [-0.05, 0) is 49.3 Å². The SMILES string of the molecule is COC(=O)C1=C(C(=O)OC)N(c2ccc(C)c(C)c2)C=CC=C1. The van der Waals surface area contributed by atoms with Crippen LogP contribution in [0.5, 0.6) is 0 Å². The smallest absolute Gasteiger partial charge is 0.355 e. The van der Waals surface area contributed by atoms with Gasteiger partial charge < -0.3 is 14.4 Å². The second-order valence-electron chi connectivity index (χ2n) is 5.08. The second kappa shape index (κ2) is 6.96. The quantitative estimate of drug-likeness (QED) is 0.803. The zero-order valence-corrected chi connectivity index (χ0v) is 13.6. The maximum atomic E-state index is 12.3. The van der Waals surface area contributed by atoms with Crippen molar-refractivity contribution in [2.45, 2.75) is 13.8 Å². The lowest BCUT2D eigenvalue weighted by Crippen LogP contribution is -2.27. The predicted molar refractivity (Wildman–Crippen MR) is 87.7 cm³/mol. The van der Waals surface area contributed by atoms with E-state index in [-0.39, 0.29) is 11.3 Å². The molecule has 1 heterocycles. The van der Waals surface area contributed by atoms with E-state index in [1.54, 1.807) is 23.3 Å². The Kier molecular flexibility index (Phi) is 5.01. The summed E-state index contributed by atoms with van der Waals surface area (Å²) in [5.74, 6) is -1.21. The van der Waals surface area contributed by atoms with Crippen molar-refractivity contribution in [3.63, 3.8) is 0 Å². The summed E-state index contributed by atoms with van der Waals surface area (Å²) in [6, 6.07) is 5.79. The summed E-state index contributed by atoms with van der Waals surface area (Å²) in [7, 11) is 2.55. The number of carbonyl (C=O) groups is 2. The second-order valence-corrected chi connectivity index (χ2v) is 5.08. The molecule has 0 aromatic heterocycles. The van der Waals surface area contributed by atoms with Gasteiger partial charge in [-0.3, -0.25) is 0 Å². The fourth-order valence-corrected chi connectivity index (χ4v) is 2.24. The molecule has 0 N–H and O–H groups in total. The summed E-state index contributed by atoms with van der Waals surface area (Å²) >= 11 is 0. The zero-order valence-electron chi connectivity index (χ0n) is 13.6. The van der Waals surface area contributed by atoms with E-state index in [9.17, 15) is 9.59 Å². The number of aryl methyl sites for hydroxylation is 2. The molecule has 0 aliphatic carbocycles. The summed E-state index contributed by atoms with van der Waals surface area (Å²) in [6.45, 7) is 4.00. The van der Waals surface area contributed by atoms with E-state index in [1.165, 1.54) is 20.3 Å². The highest BCUT2D eigenvalue weighted by atomic mass is 16.5. The number of esters is 2. The summed E-state index contributed by atoms with van der Waals surface area (Å²) in [5.41, 5.74) is 3.24. The molecule has 1 aliphatic rings. The molecule has 0 fully saturated rings. The van der Waals surface area contributed by atoms with Gasteiger partial charge in [0.1, 0.15) is 5.70 Å². The van der Waals surface area contributed by atoms with Gasteiger partial charge in [-0.2, -0.15) is 0 Å². The Morgan fingerprint density at radius 1 is 0.957 bits per heavy atom. The lowest BCUT2D eigenvalue weighted by Gasteiger charge is -2.23. The van der Waals surface area contributed by atoms with E-state index in [4.69, 9.17) is 9.47 Å². The molecule has 0 bridgehead atoms. The maximum absolute atomic E-state index is 12.3. The van der Waals surface area contributed by atoms with Gasteiger partial charge in [-0.25, -0.2) is 9.59 Å². The topological polar surface area (TPSA) is 55.8 Å². The van der Waals surface area contributed by atoms with Gasteiger partial charge >= 0.3 is 11.9 Å². The van der Waals surface area contributed by atoms with Crippen LogP contribution in [0, 0.1) is 13.8 Å². The summed E-state index contributed by atoms with van der Waals surface area (Å²) in [4.78, 5) is 26.0. The third-order valence-corrected chi connectivity index (χ3v) is 3.66. The van der Waals surface area contributed by atoms with Crippen LogP contribution < -0.4 is 4.90 Å². The molecule has 0 amide bonds. The highest BCUT2D eigenvalue weighted by Gasteiger charge is 2.27. The average molecular weight is 313 g/mol. The molecule has 0 unspecified atom stereocenters. The number of allylic oxidation sites excluding steroid dienone is 2. The first-order chi connectivity index (χ1) is 11.0. The standard InChI is InChI=1S/C18H19NO4/c1-12-8-9-14(11-13(12)2)19-10-6-5-7-15(17(20)22-3)16(19)18(21)23-4/h5-11H,1-4H3. The number of methoxy groups -OCH3 is 2. The third kappa shape index (κ3) is 3.34. The van der Waals surface area contributed by atoms with Crippen molar-refractivity contribution < 1.29 is 19.1 Å². The van der Waals surface area contributed by atoms with Gasteiger partial charge in [0.2, 0.25) is 0 Å². The lowest BCUT2D eigenvalue weighted by molar-refractivity contribution is -0.139. The van der Waals surface area contributed by atoms with Gasteiger partial charge in [-0.1, -0.05) is 12.1 Å². The van der Waals surface area contributed by atoms with Crippen LogP contribution in [0.3, 0.4) is 0 Å². The highest BCUT2D eigenvalue weighted by Crippen LogP contribution is 2.27. The van der Waals surface area contributed by atoms with E-state index in [0.29, 0.717) is 0 Å². The molecule has 2 rings (SSSR count). The molecule has 1 aromatic carbocycles. The Bertz CT molecular complexity index is 729. The van der Waals surface area contributed by atoms with E-state index in [2.05, 4.69) is 0 Å². The van der Waals surface area contributed by atoms with Crippen LogP contribution in [0.4, 0.5) is 5.69 Å². The molecule has 1 aliphatic heterocycles. The third-order valence-electron chi connectivity index (χ3n) is 3.66. The first-order valence-corrected chi connectivity index (χ1v) is 7.12. The Morgan fingerprint density at radius 2 is 1.65 bits per heavy atom. The van der Waals surface area contributed by atoms with Crippen molar-refractivity contribution in [3.8, 4) is 0 Å². The highest BCUT2D eigenvalue weighted by molar-refractivity contribution is 6.05. The number of benzene rings is 1. The molecular formula is C18H19NO4. The number of ether oxygens (including phenoxy) is 2. The van der Waals surface area contributed by atoms with Gasteiger partial charge in [-0.15, -0.1) is 0 Å². The molecule has 0 spiro atoms. The predicted octanol–water partition coefficient (Wildman–Crippen LogP) is 2.79. The van der Waals surface area contributed by atoms with Gasteiger partial charge in [0.25, 0.3) is 0 Å². The number of hydrogen-bond donors (Lipinski definition) is 0. The molecule has 120 valence electrons. The summed E-state index contributed by atoms with van der Waals surface area (Å²) in [5, 5.41) is 0. The summed E-state index contributed by atoms with van der Waals surface area (Å²) in [6.07, 6.45) is 6.67. The summed E-state index contributed by atoms with van der Waals surface area (Å²) < 4.78 is 9.65. The van der Waals surface area contributed by atoms with Crippen molar-refractivity contribution in [2.75, 3.05) is 19.1 Å². The van der Waals surface area contributed by atoms with Crippen LogP contribution in [0.1, 0.15) is 11.1 Å². The molecule has 0 atom stereocenters. The number of rotatable bonds is 3. The average Bonchev–Trinajstić information content (AvgIpc) is 2.78. The van der Waals surface area contributed by atoms with Crippen LogP contribution in [-0.2, 0) is 19.1 Å². The molecule has 5 nitrogen and oxygen atoms in total. The van der Waals surface area contributed by atoms with Crippen LogP contribution in [-0.4, -0.2) is 26.2 Å². The lowest BCUT2D eigenvalue weighted by atomic mass is 10.1. The minimum Gasteiger partial charge on any atom is -0.465 e. The Balaban J connectivity index is 2.65. The van der Waals surface area contributed by atoms with Crippen LogP contribution in [0.15, 0.2) is 53.9 Å². The monoisotopic (exact) mass is 313 g/mol. The zero-order chi connectivity index (χ0) is 17.0. The molecule has 23 heavy (non-hydrogen) atoms. The van der Waals surface area contributed by atoms with E-state index in [0.717, 1.165) is 16.8 Å². The first-order valence-electron chi connectivity index (χ1n) is 7.12. The van der Waals surface area contributed by atoms with E-state index in [1.807, 2.05) is 32.0 Å². The van der Waals surface area contributed by atoms with Gasteiger partial charge in [0, 0.05) is 11.9 Å². The van der Waals surface area contributed by atoms with Crippen molar-refractivity contribution in [3.05, 3.63) is 65.0 Å². The normalized spacial score (nSPS) is 13.8.